The molecule has 132 valence electrons. The molecule has 8 nitrogen and oxygen atoms in total. The van der Waals surface area contributed by atoms with Crippen LogP contribution in [0.5, 0.6) is 0 Å². The van der Waals surface area contributed by atoms with Gasteiger partial charge in [0, 0.05) is 45.1 Å². The van der Waals surface area contributed by atoms with E-state index in [4.69, 9.17) is 0 Å². The number of aliphatic imine (C=N–C) groups is 1. The molecule has 1 amide bonds. The molecule has 2 aliphatic rings. The minimum Gasteiger partial charge on any atom is -0.357 e. The molecule has 0 aliphatic carbocycles. The summed E-state index contributed by atoms with van der Waals surface area (Å²) in [5, 5.41) is 15.2. The highest BCUT2D eigenvalue weighted by Gasteiger charge is 2.26. The van der Waals surface area contributed by atoms with Crippen molar-refractivity contribution in [3.8, 4) is 0 Å². The Labute approximate surface area is 142 Å². The van der Waals surface area contributed by atoms with Gasteiger partial charge in [-0.2, -0.15) is 0 Å². The molecule has 1 fully saturated rings. The average molecular weight is 333 g/mol. The van der Waals surface area contributed by atoms with Crippen molar-refractivity contribution >= 4 is 11.9 Å². The van der Waals surface area contributed by atoms with Gasteiger partial charge in [-0.1, -0.05) is 6.92 Å². The number of aryl methyl sites for hydroxylation is 1. The third kappa shape index (κ3) is 3.68. The number of likely N-dealkylation sites (tertiary alicyclic amines) is 1. The lowest BCUT2D eigenvalue weighted by Gasteiger charge is -2.18. The third-order valence-corrected chi connectivity index (χ3v) is 4.59. The maximum Gasteiger partial charge on any atom is 0.222 e. The lowest BCUT2D eigenvalue weighted by Crippen LogP contribution is -2.45. The zero-order valence-electron chi connectivity index (χ0n) is 14.6. The molecule has 8 heteroatoms. The summed E-state index contributed by atoms with van der Waals surface area (Å²) in [4.78, 5) is 18.4. The summed E-state index contributed by atoms with van der Waals surface area (Å²) in [5.74, 6) is 3.00. The van der Waals surface area contributed by atoms with Gasteiger partial charge in [0.1, 0.15) is 12.4 Å². The number of nitrogens with one attached hydrogen (secondary N) is 2. The van der Waals surface area contributed by atoms with E-state index in [0.717, 1.165) is 63.0 Å². The average Bonchev–Trinajstić information content (AvgIpc) is 3.29. The minimum atomic E-state index is 0.222. The van der Waals surface area contributed by atoms with Crippen molar-refractivity contribution < 1.29 is 4.79 Å². The lowest BCUT2D eigenvalue weighted by atomic mass is 10.3. The molecule has 1 atom stereocenters. The molecule has 1 saturated heterocycles. The fourth-order valence-corrected chi connectivity index (χ4v) is 3.32. The largest absolute Gasteiger partial charge is 0.357 e. The Balaban J connectivity index is 1.59. The molecule has 1 unspecified atom stereocenters. The molecule has 0 radical (unpaired) electrons. The first kappa shape index (κ1) is 16.7. The van der Waals surface area contributed by atoms with Crippen LogP contribution in [0.2, 0.25) is 0 Å². The smallest absolute Gasteiger partial charge is 0.222 e. The van der Waals surface area contributed by atoms with Gasteiger partial charge in [-0.3, -0.25) is 4.79 Å². The molecule has 1 aromatic rings. The Morgan fingerprint density at radius 1 is 1.33 bits per heavy atom. The van der Waals surface area contributed by atoms with Crippen molar-refractivity contribution in [2.45, 2.75) is 58.7 Å². The van der Waals surface area contributed by atoms with Gasteiger partial charge >= 0.3 is 0 Å². The molecule has 3 rings (SSSR count). The second-order valence-corrected chi connectivity index (χ2v) is 6.31. The summed E-state index contributed by atoms with van der Waals surface area (Å²) >= 11 is 0. The Morgan fingerprint density at radius 3 is 3.00 bits per heavy atom. The number of guanidine groups is 1. The van der Waals surface area contributed by atoms with Crippen molar-refractivity contribution in [3.63, 3.8) is 0 Å². The minimum absolute atomic E-state index is 0.222. The van der Waals surface area contributed by atoms with Gasteiger partial charge in [0.25, 0.3) is 0 Å². The maximum atomic E-state index is 11.8. The van der Waals surface area contributed by atoms with Crippen LogP contribution >= 0.6 is 0 Å². The van der Waals surface area contributed by atoms with Gasteiger partial charge in [-0.05, 0) is 19.8 Å². The van der Waals surface area contributed by atoms with E-state index in [1.165, 1.54) is 0 Å². The summed E-state index contributed by atoms with van der Waals surface area (Å²) in [6, 6.07) is 0.252. The highest BCUT2D eigenvalue weighted by Crippen LogP contribution is 2.14. The molecular formula is C16H27N7O. The van der Waals surface area contributed by atoms with Crippen molar-refractivity contribution in [2.75, 3.05) is 19.6 Å². The Kier molecular flexibility index (Phi) is 5.32. The Bertz CT molecular complexity index is 610. The van der Waals surface area contributed by atoms with Gasteiger partial charge in [-0.25, -0.2) is 4.99 Å². The van der Waals surface area contributed by atoms with Crippen LogP contribution in [-0.2, 0) is 24.3 Å². The molecular weight excluding hydrogens is 306 g/mol. The molecule has 2 N–H and O–H groups in total. The normalized spacial score (nSPS) is 20.3. The van der Waals surface area contributed by atoms with Gasteiger partial charge in [0.15, 0.2) is 11.8 Å². The van der Waals surface area contributed by atoms with E-state index < -0.39 is 0 Å². The van der Waals surface area contributed by atoms with Gasteiger partial charge in [0.05, 0.1) is 0 Å². The summed E-state index contributed by atoms with van der Waals surface area (Å²) in [6.07, 6.45) is 3.68. The number of rotatable bonds is 5. The number of fused-ring (bicyclic) bond motifs is 1. The van der Waals surface area contributed by atoms with E-state index in [1.807, 2.05) is 18.7 Å². The molecule has 0 bridgehead atoms. The van der Waals surface area contributed by atoms with Crippen LogP contribution < -0.4 is 10.6 Å². The van der Waals surface area contributed by atoms with E-state index in [1.54, 1.807) is 0 Å². The first-order valence-corrected chi connectivity index (χ1v) is 8.94. The summed E-state index contributed by atoms with van der Waals surface area (Å²) < 4.78 is 2.17. The van der Waals surface area contributed by atoms with E-state index in [-0.39, 0.29) is 11.9 Å². The van der Waals surface area contributed by atoms with Crippen molar-refractivity contribution in [3.05, 3.63) is 11.6 Å². The van der Waals surface area contributed by atoms with E-state index in [9.17, 15) is 4.79 Å². The Hall–Kier alpha value is -2.12. The van der Waals surface area contributed by atoms with Gasteiger partial charge < -0.3 is 20.1 Å². The van der Waals surface area contributed by atoms with Crippen LogP contribution in [0.3, 0.4) is 0 Å². The van der Waals surface area contributed by atoms with Crippen molar-refractivity contribution in [2.24, 2.45) is 4.99 Å². The van der Waals surface area contributed by atoms with E-state index in [0.29, 0.717) is 13.0 Å². The van der Waals surface area contributed by atoms with Gasteiger partial charge in [0.2, 0.25) is 5.91 Å². The van der Waals surface area contributed by atoms with Crippen LogP contribution in [0.15, 0.2) is 4.99 Å². The number of nitrogens with zero attached hydrogens (tertiary/aromatic N) is 5. The third-order valence-electron chi connectivity index (χ3n) is 4.59. The van der Waals surface area contributed by atoms with Crippen LogP contribution in [0.1, 0.15) is 44.8 Å². The number of aromatic nitrogens is 3. The highest BCUT2D eigenvalue weighted by molar-refractivity contribution is 5.80. The molecule has 2 aliphatic heterocycles. The fourth-order valence-electron chi connectivity index (χ4n) is 3.32. The Morgan fingerprint density at radius 2 is 2.21 bits per heavy atom. The monoisotopic (exact) mass is 333 g/mol. The van der Waals surface area contributed by atoms with Crippen LogP contribution in [0.4, 0.5) is 0 Å². The molecule has 1 aromatic heterocycles. The fraction of sp³-hybridized carbons (Fsp3) is 0.750. The quantitative estimate of drug-likeness (QED) is 0.597. The predicted octanol–water partition coefficient (Wildman–Crippen LogP) is 0.290. The number of amides is 1. The van der Waals surface area contributed by atoms with Crippen molar-refractivity contribution in [1.82, 2.24) is 30.3 Å². The summed E-state index contributed by atoms with van der Waals surface area (Å²) in [7, 11) is 0. The molecule has 0 spiro atoms. The number of carbonyl (C=O) groups excluding carboxylic acids is 1. The molecule has 0 saturated carbocycles. The molecule has 24 heavy (non-hydrogen) atoms. The van der Waals surface area contributed by atoms with Crippen LogP contribution in [0, 0.1) is 0 Å². The maximum absolute atomic E-state index is 11.8. The predicted molar refractivity (Wildman–Crippen MR) is 91.6 cm³/mol. The lowest BCUT2D eigenvalue weighted by molar-refractivity contribution is -0.129. The SMILES string of the molecule is CCNC(=NCc1nnc2n1CCC2)NC1CCN(C(=O)CC)C1. The second-order valence-electron chi connectivity index (χ2n) is 6.31. The van der Waals surface area contributed by atoms with Crippen LogP contribution in [0.25, 0.3) is 0 Å². The molecule has 0 aromatic carbocycles. The number of carbonyl (C=O) groups is 1. The van der Waals surface area contributed by atoms with Gasteiger partial charge in [-0.15, -0.1) is 10.2 Å². The first-order valence-electron chi connectivity index (χ1n) is 8.94. The van der Waals surface area contributed by atoms with E-state index >= 15 is 0 Å². The van der Waals surface area contributed by atoms with E-state index in [2.05, 4.69) is 30.4 Å². The summed E-state index contributed by atoms with van der Waals surface area (Å²) in [6.45, 7) is 7.84. The second kappa shape index (κ2) is 7.63. The summed E-state index contributed by atoms with van der Waals surface area (Å²) in [5.41, 5.74) is 0. The highest BCUT2D eigenvalue weighted by atomic mass is 16.2. The zero-order chi connectivity index (χ0) is 16.9. The van der Waals surface area contributed by atoms with Crippen molar-refractivity contribution in [1.29, 1.82) is 0 Å². The van der Waals surface area contributed by atoms with Crippen LogP contribution in [-0.4, -0.2) is 57.2 Å². The number of hydrogen-bond donors (Lipinski definition) is 2. The standard InChI is InChI=1S/C16H27N7O/c1-3-15(24)22-9-7-12(11-22)19-16(17-4-2)18-10-14-21-20-13-6-5-8-23(13)14/h12H,3-11H2,1-2H3,(H2,17,18,19). The first-order chi connectivity index (χ1) is 11.7. The molecule has 3 heterocycles. The topological polar surface area (TPSA) is 87.4 Å². The number of hydrogen-bond acceptors (Lipinski definition) is 4. The zero-order valence-corrected chi connectivity index (χ0v) is 14.6.